The largest absolute Gasteiger partial charge is 0.376 e. The summed E-state index contributed by atoms with van der Waals surface area (Å²) >= 11 is 0. The predicted molar refractivity (Wildman–Crippen MR) is 124 cm³/mol. The Morgan fingerprint density at radius 1 is 1.12 bits per heavy atom. The molecule has 0 spiro atoms. The fraction of sp³-hybridized carbons (Fsp3) is 0.480. The van der Waals surface area contributed by atoms with Crippen LogP contribution in [0.2, 0.25) is 0 Å². The number of aryl methyl sites for hydroxylation is 1. The summed E-state index contributed by atoms with van der Waals surface area (Å²) in [5.74, 6) is -0.634. The molecule has 0 N–H and O–H groups in total. The molecule has 33 heavy (non-hydrogen) atoms. The number of nitrogens with zero attached hydrogens (tertiary/aromatic N) is 2. The summed E-state index contributed by atoms with van der Waals surface area (Å²) in [7, 11) is -3.66. The van der Waals surface area contributed by atoms with Crippen LogP contribution in [0.15, 0.2) is 47.4 Å². The van der Waals surface area contributed by atoms with E-state index in [0.29, 0.717) is 42.9 Å². The van der Waals surface area contributed by atoms with Crippen molar-refractivity contribution in [2.24, 2.45) is 0 Å². The van der Waals surface area contributed by atoms with Crippen molar-refractivity contribution in [2.45, 2.75) is 56.6 Å². The van der Waals surface area contributed by atoms with E-state index in [0.717, 1.165) is 32.1 Å². The average molecular weight is 475 g/mol. The van der Waals surface area contributed by atoms with E-state index < -0.39 is 10.0 Å². The van der Waals surface area contributed by atoms with Crippen molar-refractivity contribution in [3.05, 3.63) is 65.0 Å². The summed E-state index contributed by atoms with van der Waals surface area (Å²) in [4.78, 5) is 15.4. The predicted octanol–water partition coefficient (Wildman–Crippen LogP) is 4.13. The lowest BCUT2D eigenvalue weighted by molar-refractivity contribution is 0.0506. The molecule has 2 heterocycles. The van der Waals surface area contributed by atoms with Crippen LogP contribution in [0.25, 0.3) is 0 Å². The number of rotatable bonds is 7. The van der Waals surface area contributed by atoms with Gasteiger partial charge in [-0.2, -0.15) is 4.31 Å². The lowest BCUT2D eigenvalue weighted by atomic mass is 10.1. The van der Waals surface area contributed by atoms with Crippen molar-refractivity contribution < 1.29 is 22.3 Å². The maximum atomic E-state index is 13.8. The SMILES string of the molecule is Cc1ccc(S(=O)(=O)N2CCCCC2)cc1C(=O)N(Cc1cccc(F)c1)CC1CCCO1. The molecule has 2 fully saturated rings. The third-order valence-electron chi connectivity index (χ3n) is 6.39. The number of ether oxygens (including phenoxy) is 1. The Labute approximate surface area is 195 Å². The van der Waals surface area contributed by atoms with E-state index in [-0.39, 0.29) is 29.3 Å². The van der Waals surface area contributed by atoms with Crippen LogP contribution in [0, 0.1) is 12.7 Å². The monoisotopic (exact) mass is 474 g/mol. The topological polar surface area (TPSA) is 66.9 Å². The zero-order chi connectivity index (χ0) is 23.4. The van der Waals surface area contributed by atoms with E-state index in [1.54, 1.807) is 36.1 Å². The van der Waals surface area contributed by atoms with Gasteiger partial charge in [0, 0.05) is 38.3 Å². The van der Waals surface area contributed by atoms with Crippen LogP contribution >= 0.6 is 0 Å². The molecule has 2 aliphatic rings. The van der Waals surface area contributed by atoms with Gasteiger partial charge in [-0.3, -0.25) is 4.79 Å². The van der Waals surface area contributed by atoms with E-state index in [4.69, 9.17) is 4.74 Å². The van der Waals surface area contributed by atoms with Crippen molar-refractivity contribution in [3.63, 3.8) is 0 Å². The molecular weight excluding hydrogens is 443 g/mol. The Hall–Kier alpha value is -2.29. The number of carbonyl (C=O) groups excluding carboxylic acids is 1. The number of carbonyl (C=O) groups is 1. The maximum Gasteiger partial charge on any atom is 0.254 e. The number of piperidine rings is 1. The van der Waals surface area contributed by atoms with Gasteiger partial charge in [0.2, 0.25) is 10.0 Å². The summed E-state index contributed by atoms with van der Waals surface area (Å²) in [6.45, 7) is 4.07. The van der Waals surface area contributed by atoms with E-state index >= 15 is 0 Å². The molecular formula is C25H31FN2O4S. The molecule has 0 saturated carbocycles. The zero-order valence-corrected chi connectivity index (χ0v) is 19.8. The van der Waals surface area contributed by atoms with Crippen LogP contribution in [-0.4, -0.2) is 55.9 Å². The highest BCUT2D eigenvalue weighted by Crippen LogP contribution is 2.25. The fourth-order valence-corrected chi connectivity index (χ4v) is 6.07. The highest BCUT2D eigenvalue weighted by Gasteiger charge is 2.29. The quantitative estimate of drug-likeness (QED) is 0.605. The van der Waals surface area contributed by atoms with Gasteiger partial charge in [-0.1, -0.05) is 24.6 Å². The zero-order valence-electron chi connectivity index (χ0n) is 19.0. The van der Waals surface area contributed by atoms with Crippen molar-refractivity contribution in [3.8, 4) is 0 Å². The number of hydrogen-bond donors (Lipinski definition) is 0. The normalized spacial score (nSPS) is 19.5. The number of sulfonamides is 1. The third kappa shape index (κ3) is 5.62. The first-order valence-electron chi connectivity index (χ1n) is 11.6. The molecule has 0 aliphatic carbocycles. The molecule has 8 heteroatoms. The lowest BCUT2D eigenvalue weighted by Gasteiger charge is -2.28. The summed E-state index contributed by atoms with van der Waals surface area (Å²) in [6, 6.07) is 11.0. The van der Waals surface area contributed by atoms with Crippen LogP contribution < -0.4 is 0 Å². The fourth-order valence-electron chi connectivity index (χ4n) is 4.53. The van der Waals surface area contributed by atoms with Gasteiger partial charge in [0.05, 0.1) is 11.0 Å². The van der Waals surface area contributed by atoms with E-state index in [2.05, 4.69) is 0 Å². The van der Waals surface area contributed by atoms with Gasteiger partial charge in [-0.25, -0.2) is 12.8 Å². The van der Waals surface area contributed by atoms with Crippen molar-refractivity contribution >= 4 is 15.9 Å². The van der Waals surface area contributed by atoms with Gasteiger partial charge in [0.1, 0.15) is 5.82 Å². The Morgan fingerprint density at radius 3 is 2.61 bits per heavy atom. The molecule has 6 nitrogen and oxygen atoms in total. The Balaban J connectivity index is 1.63. The lowest BCUT2D eigenvalue weighted by Crippen LogP contribution is -2.38. The van der Waals surface area contributed by atoms with Crippen LogP contribution in [0.4, 0.5) is 4.39 Å². The Bertz CT molecular complexity index is 1090. The minimum absolute atomic E-state index is 0.0805. The summed E-state index contributed by atoms with van der Waals surface area (Å²) in [5.41, 5.74) is 1.73. The number of amides is 1. The molecule has 2 aliphatic heterocycles. The van der Waals surface area contributed by atoms with Crippen LogP contribution in [0.1, 0.15) is 53.6 Å². The Kier molecular flexibility index (Phi) is 7.46. The van der Waals surface area contributed by atoms with Gasteiger partial charge in [0.25, 0.3) is 5.91 Å². The van der Waals surface area contributed by atoms with E-state index in [9.17, 15) is 17.6 Å². The first-order chi connectivity index (χ1) is 15.8. The average Bonchev–Trinajstić information content (AvgIpc) is 3.32. The number of hydrogen-bond acceptors (Lipinski definition) is 4. The molecule has 2 aromatic carbocycles. The molecule has 4 rings (SSSR count). The second kappa shape index (κ2) is 10.3. The Morgan fingerprint density at radius 2 is 1.91 bits per heavy atom. The number of benzene rings is 2. The second-order valence-corrected chi connectivity index (χ2v) is 10.8. The van der Waals surface area contributed by atoms with Gasteiger partial charge in [-0.05, 0) is 68.0 Å². The molecule has 1 atom stereocenters. The summed E-state index contributed by atoms with van der Waals surface area (Å²) in [6.07, 6.45) is 4.44. The smallest absolute Gasteiger partial charge is 0.254 e. The van der Waals surface area contributed by atoms with E-state index in [1.165, 1.54) is 22.5 Å². The van der Waals surface area contributed by atoms with Crippen LogP contribution in [0.3, 0.4) is 0 Å². The molecule has 178 valence electrons. The minimum Gasteiger partial charge on any atom is -0.376 e. The molecule has 0 bridgehead atoms. The van der Waals surface area contributed by atoms with Gasteiger partial charge >= 0.3 is 0 Å². The molecule has 0 aromatic heterocycles. The first kappa shape index (κ1) is 23.9. The number of halogens is 1. The summed E-state index contributed by atoms with van der Waals surface area (Å²) in [5, 5.41) is 0. The maximum absolute atomic E-state index is 13.8. The molecule has 0 radical (unpaired) electrons. The van der Waals surface area contributed by atoms with Crippen molar-refractivity contribution in [1.82, 2.24) is 9.21 Å². The molecule has 1 amide bonds. The van der Waals surface area contributed by atoms with Crippen LogP contribution in [-0.2, 0) is 21.3 Å². The van der Waals surface area contributed by atoms with Crippen LogP contribution in [0.5, 0.6) is 0 Å². The van der Waals surface area contributed by atoms with Gasteiger partial charge < -0.3 is 9.64 Å². The van der Waals surface area contributed by atoms with Gasteiger partial charge in [-0.15, -0.1) is 0 Å². The van der Waals surface area contributed by atoms with Crippen molar-refractivity contribution in [1.29, 1.82) is 0 Å². The standard InChI is InChI=1S/C25H31FN2O4S/c1-19-10-11-23(33(30,31)28-12-3-2-4-13-28)16-24(19)25(29)27(18-22-9-6-14-32-22)17-20-7-5-8-21(26)15-20/h5,7-8,10-11,15-16,22H,2-4,6,9,12-14,17-18H2,1H3. The van der Waals surface area contributed by atoms with Gasteiger partial charge in [0.15, 0.2) is 0 Å². The first-order valence-corrected chi connectivity index (χ1v) is 13.0. The minimum atomic E-state index is -3.66. The highest BCUT2D eigenvalue weighted by molar-refractivity contribution is 7.89. The highest BCUT2D eigenvalue weighted by atomic mass is 32.2. The second-order valence-electron chi connectivity index (χ2n) is 8.89. The van der Waals surface area contributed by atoms with E-state index in [1.807, 2.05) is 0 Å². The molecule has 1 unspecified atom stereocenters. The molecule has 2 aromatic rings. The van der Waals surface area contributed by atoms with Crippen molar-refractivity contribution in [2.75, 3.05) is 26.2 Å². The summed E-state index contributed by atoms with van der Waals surface area (Å²) < 4.78 is 47.4. The molecule has 2 saturated heterocycles. The third-order valence-corrected chi connectivity index (χ3v) is 8.28.